The van der Waals surface area contributed by atoms with E-state index in [4.69, 9.17) is 9.57 Å². The maximum atomic E-state index is 11.6. The molecule has 1 heterocycles. The predicted molar refractivity (Wildman–Crippen MR) is 67.4 cm³/mol. The highest BCUT2D eigenvalue weighted by molar-refractivity contribution is 7.13. The molecule has 2 N–H and O–H groups in total. The van der Waals surface area contributed by atoms with Crippen molar-refractivity contribution in [2.45, 2.75) is 6.92 Å². The lowest BCUT2D eigenvalue weighted by Crippen LogP contribution is -2.37. The molecule has 0 unspecified atom stereocenters. The van der Waals surface area contributed by atoms with Gasteiger partial charge in [-0.3, -0.25) is 14.4 Å². The van der Waals surface area contributed by atoms with E-state index in [0.717, 1.165) is 4.88 Å². The quantitative estimate of drug-likeness (QED) is 0.559. The van der Waals surface area contributed by atoms with Gasteiger partial charge in [-0.1, -0.05) is 0 Å². The average Bonchev–Trinajstić information content (AvgIpc) is 2.78. The monoisotopic (exact) mass is 272 g/mol. The summed E-state index contributed by atoms with van der Waals surface area (Å²) in [5.74, 6) is -0.673. The van der Waals surface area contributed by atoms with Crippen molar-refractivity contribution in [2.75, 3.05) is 26.9 Å². The Morgan fingerprint density at radius 2 is 2.11 bits per heavy atom. The van der Waals surface area contributed by atoms with Crippen LogP contribution in [0.1, 0.15) is 14.5 Å². The van der Waals surface area contributed by atoms with Gasteiger partial charge in [-0.2, -0.15) is 0 Å². The second-order valence-corrected chi connectivity index (χ2v) is 4.75. The third kappa shape index (κ3) is 5.26. The maximum Gasteiger partial charge on any atom is 0.262 e. The van der Waals surface area contributed by atoms with E-state index in [-0.39, 0.29) is 19.1 Å². The Bertz CT molecular complexity index is 406. The third-order valence-corrected chi connectivity index (χ3v) is 2.95. The Morgan fingerprint density at radius 1 is 1.33 bits per heavy atom. The van der Waals surface area contributed by atoms with Gasteiger partial charge in [0, 0.05) is 12.0 Å². The predicted octanol–water partition coefficient (Wildman–Crippen LogP) is 0.481. The lowest BCUT2D eigenvalue weighted by atomic mass is 10.4. The first-order chi connectivity index (χ1) is 8.63. The molecule has 1 rings (SSSR count). The number of nitrogens with one attached hydrogen (secondary N) is 2. The first-order valence-electron chi connectivity index (χ1n) is 5.37. The summed E-state index contributed by atoms with van der Waals surface area (Å²) in [7, 11) is 1.54. The zero-order valence-corrected chi connectivity index (χ0v) is 11.1. The van der Waals surface area contributed by atoms with Gasteiger partial charge in [0.1, 0.15) is 0 Å². The molecule has 2 amide bonds. The number of hydrogen-bond donors (Lipinski definition) is 2. The zero-order valence-electron chi connectivity index (χ0n) is 10.3. The zero-order chi connectivity index (χ0) is 13.4. The number of carbonyl (C=O) groups is 2. The summed E-state index contributed by atoms with van der Waals surface area (Å²) in [5, 5.41) is 2.50. The minimum Gasteiger partial charge on any atom is -0.382 e. The summed E-state index contributed by atoms with van der Waals surface area (Å²) in [6.45, 7) is 2.45. The first-order valence-corrected chi connectivity index (χ1v) is 6.19. The van der Waals surface area contributed by atoms with Crippen LogP contribution < -0.4 is 10.8 Å². The molecule has 0 atom stereocenters. The second-order valence-electron chi connectivity index (χ2n) is 3.46. The Hall–Kier alpha value is -1.44. The van der Waals surface area contributed by atoms with Crippen molar-refractivity contribution in [1.82, 2.24) is 10.8 Å². The molecule has 0 aromatic carbocycles. The largest absolute Gasteiger partial charge is 0.382 e. The number of hydroxylamine groups is 1. The van der Waals surface area contributed by atoms with E-state index >= 15 is 0 Å². The molecule has 0 aliphatic heterocycles. The standard InChI is InChI=1S/C11H16N2O4S/c1-8-3-4-9(18-8)11(15)12-7-10(14)13-17-6-5-16-2/h3-4H,5-7H2,1-2H3,(H,12,15)(H,13,14). The number of aryl methyl sites for hydroxylation is 1. The van der Waals surface area contributed by atoms with Gasteiger partial charge in [-0.25, -0.2) is 5.48 Å². The van der Waals surface area contributed by atoms with Gasteiger partial charge >= 0.3 is 0 Å². The summed E-state index contributed by atoms with van der Waals surface area (Å²) in [6, 6.07) is 3.58. The second kappa shape index (κ2) is 7.80. The van der Waals surface area contributed by atoms with Crippen molar-refractivity contribution in [3.63, 3.8) is 0 Å². The van der Waals surface area contributed by atoms with Gasteiger partial charge in [0.2, 0.25) is 0 Å². The van der Waals surface area contributed by atoms with Crippen LogP contribution in [-0.2, 0) is 14.4 Å². The molecule has 0 saturated heterocycles. The molecule has 1 aromatic heterocycles. The van der Waals surface area contributed by atoms with Crippen LogP contribution in [-0.4, -0.2) is 38.7 Å². The number of methoxy groups -OCH3 is 1. The number of thiophene rings is 1. The van der Waals surface area contributed by atoms with Crippen molar-refractivity contribution >= 4 is 23.2 Å². The fourth-order valence-electron chi connectivity index (χ4n) is 1.10. The molecular formula is C11H16N2O4S. The van der Waals surface area contributed by atoms with Crippen LogP contribution in [0.5, 0.6) is 0 Å². The number of carbonyl (C=O) groups excluding carboxylic acids is 2. The number of hydrogen-bond acceptors (Lipinski definition) is 5. The van der Waals surface area contributed by atoms with Gasteiger partial charge < -0.3 is 10.1 Å². The fourth-order valence-corrected chi connectivity index (χ4v) is 1.88. The molecule has 0 radical (unpaired) electrons. The van der Waals surface area contributed by atoms with Crippen LogP contribution >= 0.6 is 11.3 Å². The summed E-state index contributed by atoms with van der Waals surface area (Å²) in [6.07, 6.45) is 0. The molecule has 1 aromatic rings. The Labute approximate surface area is 109 Å². The summed E-state index contributed by atoms with van der Waals surface area (Å²) in [5.41, 5.74) is 2.20. The van der Waals surface area contributed by atoms with Crippen LogP contribution in [0.15, 0.2) is 12.1 Å². The highest BCUT2D eigenvalue weighted by Crippen LogP contribution is 2.14. The molecule has 7 heteroatoms. The van der Waals surface area contributed by atoms with Crippen LogP contribution in [0.2, 0.25) is 0 Å². The molecule has 0 saturated carbocycles. The molecule has 0 bridgehead atoms. The van der Waals surface area contributed by atoms with E-state index in [0.29, 0.717) is 11.5 Å². The molecule has 100 valence electrons. The van der Waals surface area contributed by atoms with Gasteiger partial charge in [0.15, 0.2) is 0 Å². The summed E-state index contributed by atoms with van der Waals surface area (Å²) < 4.78 is 4.74. The van der Waals surface area contributed by atoms with Crippen LogP contribution in [0.25, 0.3) is 0 Å². The molecule has 18 heavy (non-hydrogen) atoms. The van der Waals surface area contributed by atoms with Gasteiger partial charge in [-0.15, -0.1) is 11.3 Å². The molecular weight excluding hydrogens is 256 g/mol. The van der Waals surface area contributed by atoms with Crippen molar-refractivity contribution < 1.29 is 19.2 Å². The molecule has 0 aliphatic rings. The van der Waals surface area contributed by atoms with E-state index in [1.807, 2.05) is 13.0 Å². The summed E-state index contributed by atoms with van der Waals surface area (Å²) >= 11 is 1.38. The van der Waals surface area contributed by atoms with Crippen LogP contribution in [0.4, 0.5) is 0 Å². The minimum atomic E-state index is -0.410. The lowest BCUT2D eigenvalue weighted by molar-refractivity contribution is -0.133. The van der Waals surface area contributed by atoms with Gasteiger partial charge in [-0.05, 0) is 19.1 Å². The van der Waals surface area contributed by atoms with Crippen molar-refractivity contribution in [3.8, 4) is 0 Å². The van der Waals surface area contributed by atoms with Crippen molar-refractivity contribution in [3.05, 3.63) is 21.9 Å². The van der Waals surface area contributed by atoms with Crippen LogP contribution in [0, 0.1) is 6.92 Å². The highest BCUT2D eigenvalue weighted by atomic mass is 32.1. The van der Waals surface area contributed by atoms with Crippen LogP contribution in [0.3, 0.4) is 0 Å². The topological polar surface area (TPSA) is 76.7 Å². The smallest absolute Gasteiger partial charge is 0.262 e. The normalized spacial score (nSPS) is 10.1. The van der Waals surface area contributed by atoms with E-state index in [1.54, 1.807) is 6.07 Å². The molecule has 0 fully saturated rings. The molecule has 0 spiro atoms. The molecule has 0 aliphatic carbocycles. The maximum absolute atomic E-state index is 11.6. The number of rotatable bonds is 7. The average molecular weight is 272 g/mol. The Morgan fingerprint density at radius 3 is 2.72 bits per heavy atom. The third-order valence-electron chi connectivity index (χ3n) is 1.95. The Kier molecular flexibility index (Phi) is 6.34. The van der Waals surface area contributed by atoms with Crippen molar-refractivity contribution in [1.29, 1.82) is 0 Å². The lowest BCUT2D eigenvalue weighted by Gasteiger charge is -2.06. The van der Waals surface area contributed by atoms with E-state index in [9.17, 15) is 9.59 Å². The SMILES string of the molecule is COCCONC(=O)CNC(=O)c1ccc(C)s1. The number of ether oxygens (including phenoxy) is 1. The van der Waals surface area contributed by atoms with E-state index in [2.05, 4.69) is 10.8 Å². The summed E-state index contributed by atoms with van der Waals surface area (Å²) in [4.78, 5) is 29.3. The van der Waals surface area contributed by atoms with E-state index < -0.39 is 5.91 Å². The van der Waals surface area contributed by atoms with Crippen molar-refractivity contribution in [2.24, 2.45) is 0 Å². The van der Waals surface area contributed by atoms with E-state index in [1.165, 1.54) is 18.4 Å². The first kappa shape index (κ1) is 14.6. The van der Waals surface area contributed by atoms with Gasteiger partial charge in [0.05, 0.1) is 24.6 Å². The number of amides is 2. The highest BCUT2D eigenvalue weighted by Gasteiger charge is 2.09. The Balaban J connectivity index is 2.20. The molecule has 6 nitrogen and oxygen atoms in total. The fraction of sp³-hybridized carbons (Fsp3) is 0.455. The van der Waals surface area contributed by atoms with Gasteiger partial charge in [0.25, 0.3) is 11.8 Å². The minimum absolute atomic E-state index is 0.122.